The Kier molecular flexibility index (Phi) is 8.86. The van der Waals surface area contributed by atoms with Gasteiger partial charge in [0.15, 0.2) is 11.9 Å². The highest BCUT2D eigenvalue weighted by Crippen LogP contribution is 2.40. The maximum atomic E-state index is 12.7. The predicted molar refractivity (Wildman–Crippen MR) is 126 cm³/mol. The smallest absolute Gasteiger partial charge is 0.341 e. The van der Waals surface area contributed by atoms with Crippen molar-refractivity contribution in [2.75, 3.05) is 18.5 Å². The summed E-state index contributed by atoms with van der Waals surface area (Å²) >= 11 is 1.38. The topological polar surface area (TPSA) is 124 Å². The first-order valence-corrected chi connectivity index (χ1v) is 12.3. The highest BCUT2D eigenvalue weighted by Gasteiger charge is 2.30. The van der Waals surface area contributed by atoms with E-state index in [4.69, 9.17) is 13.9 Å². The third-order valence-corrected chi connectivity index (χ3v) is 6.66. The lowest BCUT2D eigenvalue weighted by molar-refractivity contribution is -0.153. The minimum atomic E-state index is -1.04. The van der Waals surface area contributed by atoms with Crippen LogP contribution >= 0.6 is 11.3 Å². The molecule has 2 unspecified atom stereocenters. The van der Waals surface area contributed by atoms with Crippen molar-refractivity contribution in [1.82, 2.24) is 5.32 Å². The zero-order valence-electron chi connectivity index (χ0n) is 19.6. The highest BCUT2D eigenvalue weighted by atomic mass is 32.1. The molecular weight excluding hydrogens is 460 g/mol. The van der Waals surface area contributed by atoms with E-state index in [-0.39, 0.29) is 31.2 Å². The molecule has 0 bridgehead atoms. The molecule has 0 aromatic carbocycles. The summed E-state index contributed by atoms with van der Waals surface area (Å²) in [5.41, 5.74) is 1.35. The fraction of sp³-hybridized carbons (Fsp3) is 0.500. The molecule has 34 heavy (non-hydrogen) atoms. The van der Waals surface area contributed by atoms with Gasteiger partial charge in [-0.3, -0.25) is 14.4 Å². The highest BCUT2D eigenvalue weighted by molar-refractivity contribution is 7.17. The number of hydrogen-bond donors (Lipinski definition) is 2. The number of hydrogen-bond acceptors (Lipinski definition) is 8. The summed E-state index contributed by atoms with van der Waals surface area (Å²) in [4.78, 5) is 50.3. The van der Waals surface area contributed by atoms with Crippen molar-refractivity contribution in [3.63, 3.8) is 0 Å². The number of nitrogens with one attached hydrogen (secondary N) is 2. The normalized spacial score (nSPS) is 15.7. The number of ether oxygens (including phenoxy) is 2. The van der Waals surface area contributed by atoms with Gasteiger partial charge in [0, 0.05) is 17.8 Å². The molecule has 2 N–H and O–H groups in total. The van der Waals surface area contributed by atoms with Crippen LogP contribution in [0.2, 0.25) is 0 Å². The Balaban J connectivity index is 1.52. The molecule has 2 heterocycles. The van der Waals surface area contributed by atoms with Crippen LogP contribution in [0, 0.1) is 5.92 Å². The standard InChI is InChI=1S/C24H30N2O7S/c1-4-31-24(30)20-16-10-9-14(2)13-18(16)34-23(20)26-21(28)15(3)33-19(27)8-5-11-25-22(29)17-7-6-12-32-17/h6-7,12,14-15H,4-5,8-11,13H2,1-3H3,(H,25,29)(H,26,28). The fourth-order valence-corrected chi connectivity index (χ4v) is 5.11. The SMILES string of the molecule is CCOC(=O)c1c(NC(=O)C(C)OC(=O)CCCNC(=O)c2ccco2)sc2c1CCC(C)C2. The van der Waals surface area contributed by atoms with Gasteiger partial charge in [-0.05, 0) is 63.1 Å². The number of carbonyl (C=O) groups is 4. The average molecular weight is 491 g/mol. The first kappa shape index (κ1) is 25.5. The Labute approximate surface area is 202 Å². The van der Waals surface area contributed by atoms with Crippen molar-refractivity contribution in [2.24, 2.45) is 5.92 Å². The zero-order chi connectivity index (χ0) is 24.7. The van der Waals surface area contributed by atoms with Crippen LogP contribution in [0.3, 0.4) is 0 Å². The second-order valence-electron chi connectivity index (χ2n) is 8.23. The van der Waals surface area contributed by atoms with Gasteiger partial charge in [-0.1, -0.05) is 6.92 Å². The molecule has 2 aromatic heterocycles. The van der Waals surface area contributed by atoms with E-state index in [1.807, 2.05) is 0 Å². The molecule has 2 aromatic rings. The summed E-state index contributed by atoms with van der Waals surface area (Å²) in [5.74, 6) is -1.19. The van der Waals surface area contributed by atoms with Gasteiger partial charge in [0.1, 0.15) is 5.00 Å². The van der Waals surface area contributed by atoms with E-state index in [1.165, 1.54) is 24.5 Å². The predicted octanol–water partition coefficient (Wildman–Crippen LogP) is 3.72. The van der Waals surface area contributed by atoms with Gasteiger partial charge in [-0.25, -0.2) is 4.79 Å². The number of furan rings is 1. The Morgan fingerprint density at radius 3 is 2.79 bits per heavy atom. The average Bonchev–Trinajstić information content (AvgIpc) is 3.44. The van der Waals surface area contributed by atoms with Gasteiger partial charge >= 0.3 is 11.9 Å². The molecule has 184 valence electrons. The maximum absolute atomic E-state index is 12.7. The van der Waals surface area contributed by atoms with E-state index < -0.39 is 23.9 Å². The van der Waals surface area contributed by atoms with E-state index in [1.54, 1.807) is 19.1 Å². The fourth-order valence-electron chi connectivity index (χ4n) is 3.71. The molecule has 9 nitrogen and oxygen atoms in total. The number of amides is 2. The molecule has 3 rings (SSSR count). The number of carbonyl (C=O) groups excluding carboxylic acids is 4. The summed E-state index contributed by atoms with van der Waals surface area (Å²) in [6, 6.07) is 3.15. The van der Waals surface area contributed by atoms with Crippen molar-refractivity contribution >= 4 is 40.1 Å². The molecule has 1 aliphatic carbocycles. The molecule has 0 fully saturated rings. The molecule has 2 amide bonds. The molecule has 0 saturated carbocycles. The van der Waals surface area contributed by atoms with Crippen LogP contribution < -0.4 is 10.6 Å². The zero-order valence-corrected chi connectivity index (χ0v) is 20.4. The second kappa shape index (κ2) is 11.8. The number of rotatable bonds is 10. The van der Waals surface area contributed by atoms with Crippen molar-refractivity contribution in [1.29, 1.82) is 0 Å². The summed E-state index contributed by atoms with van der Waals surface area (Å²) in [7, 11) is 0. The molecule has 0 radical (unpaired) electrons. The number of esters is 2. The van der Waals surface area contributed by atoms with E-state index in [2.05, 4.69) is 17.6 Å². The molecular formula is C24H30N2O7S. The van der Waals surface area contributed by atoms with Crippen LogP contribution in [0.1, 0.15) is 71.4 Å². The van der Waals surface area contributed by atoms with Gasteiger partial charge < -0.3 is 24.5 Å². The van der Waals surface area contributed by atoms with E-state index in [0.717, 1.165) is 29.7 Å². The summed E-state index contributed by atoms with van der Waals surface area (Å²) in [6.07, 6.45) is 3.33. The maximum Gasteiger partial charge on any atom is 0.341 e. The molecule has 2 atom stereocenters. The van der Waals surface area contributed by atoms with Crippen LogP contribution in [0.15, 0.2) is 22.8 Å². The second-order valence-corrected chi connectivity index (χ2v) is 9.34. The summed E-state index contributed by atoms with van der Waals surface area (Å²) in [6.45, 7) is 5.88. The van der Waals surface area contributed by atoms with Crippen LogP contribution in [-0.4, -0.2) is 43.0 Å². The third-order valence-electron chi connectivity index (χ3n) is 5.49. The molecule has 1 aliphatic rings. The van der Waals surface area contributed by atoms with Gasteiger partial charge in [0.25, 0.3) is 11.8 Å². The summed E-state index contributed by atoms with van der Waals surface area (Å²) in [5, 5.41) is 5.84. The third kappa shape index (κ3) is 6.47. The Morgan fingerprint density at radius 1 is 1.29 bits per heavy atom. The molecule has 0 spiro atoms. The monoisotopic (exact) mass is 490 g/mol. The van der Waals surface area contributed by atoms with Crippen LogP contribution in [0.5, 0.6) is 0 Å². The summed E-state index contributed by atoms with van der Waals surface area (Å²) < 4.78 is 15.4. The van der Waals surface area contributed by atoms with Crippen molar-refractivity contribution in [3.8, 4) is 0 Å². The van der Waals surface area contributed by atoms with Gasteiger partial charge in [-0.2, -0.15) is 0 Å². The molecule has 10 heteroatoms. The first-order valence-electron chi connectivity index (χ1n) is 11.4. The van der Waals surface area contributed by atoms with Crippen molar-refractivity contribution in [3.05, 3.63) is 40.2 Å². The number of thiophene rings is 1. The lowest BCUT2D eigenvalue weighted by Gasteiger charge is -2.18. The first-order chi connectivity index (χ1) is 16.3. The lowest BCUT2D eigenvalue weighted by atomic mass is 9.88. The molecule has 0 saturated heterocycles. The Hall–Kier alpha value is -3.14. The minimum absolute atomic E-state index is 0.0370. The quantitative estimate of drug-likeness (QED) is 0.384. The number of fused-ring (bicyclic) bond motifs is 1. The van der Waals surface area contributed by atoms with Crippen LogP contribution in [0.25, 0.3) is 0 Å². The van der Waals surface area contributed by atoms with Crippen LogP contribution in [0.4, 0.5) is 5.00 Å². The van der Waals surface area contributed by atoms with E-state index >= 15 is 0 Å². The van der Waals surface area contributed by atoms with E-state index in [9.17, 15) is 19.2 Å². The van der Waals surface area contributed by atoms with E-state index in [0.29, 0.717) is 22.9 Å². The Morgan fingerprint density at radius 2 is 2.09 bits per heavy atom. The van der Waals surface area contributed by atoms with Gasteiger partial charge in [0.2, 0.25) is 0 Å². The largest absolute Gasteiger partial charge is 0.462 e. The number of anilines is 1. The lowest BCUT2D eigenvalue weighted by Crippen LogP contribution is -2.30. The van der Waals surface area contributed by atoms with Gasteiger partial charge in [0.05, 0.1) is 18.4 Å². The van der Waals surface area contributed by atoms with Gasteiger partial charge in [-0.15, -0.1) is 11.3 Å². The minimum Gasteiger partial charge on any atom is -0.462 e. The molecule has 0 aliphatic heterocycles. The van der Waals surface area contributed by atoms with Crippen molar-refractivity contribution < 1.29 is 33.1 Å². The van der Waals surface area contributed by atoms with Crippen molar-refractivity contribution in [2.45, 2.75) is 59.0 Å². The Bertz CT molecular complexity index is 1030. The van der Waals surface area contributed by atoms with Crippen LogP contribution in [-0.2, 0) is 31.9 Å².